The maximum atomic E-state index is 5.63. The Morgan fingerprint density at radius 2 is 1.79 bits per heavy atom. The van der Waals surface area contributed by atoms with E-state index in [4.69, 9.17) is 14.2 Å². The van der Waals surface area contributed by atoms with Crippen molar-refractivity contribution in [1.82, 2.24) is 10.6 Å². The summed E-state index contributed by atoms with van der Waals surface area (Å²) in [5, 5.41) is 6.66. The average molecular weight is 507 g/mol. The molecule has 7 heteroatoms. The summed E-state index contributed by atoms with van der Waals surface area (Å²) in [5.41, 5.74) is 2.36. The Morgan fingerprint density at radius 3 is 2.50 bits per heavy atom. The molecular weight excluding hydrogens is 469 g/mol. The molecule has 0 aliphatic heterocycles. The van der Waals surface area contributed by atoms with Crippen molar-refractivity contribution >= 4 is 29.9 Å². The SMILES string of the molecule is CCOCCOCc1cccc(CNC(=NC)NCCCOCC(C)C)c1.I. The molecule has 1 rings (SSSR count). The van der Waals surface area contributed by atoms with Crippen LogP contribution in [0.3, 0.4) is 0 Å². The quantitative estimate of drug-likeness (QED) is 0.175. The summed E-state index contributed by atoms with van der Waals surface area (Å²) in [5.74, 6) is 1.38. The second-order valence-electron chi connectivity index (χ2n) is 6.74. The summed E-state index contributed by atoms with van der Waals surface area (Å²) in [6.45, 7) is 12.0. The van der Waals surface area contributed by atoms with Crippen molar-refractivity contribution in [2.45, 2.75) is 40.3 Å². The number of benzene rings is 1. The highest BCUT2D eigenvalue weighted by Gasteiger charge is 2.01. The fraction of sp³-hybridized carbons (Fsp3) is 0.667. The zero-order chi connectivity index (χ0) is 19.7. The van der Waals surface area contributed by atoms with Crippen molar-refractivity contribution in [3.05, 3.63) is 35.4 Å². The summed E-state index contributed by atoms with van der Waals surface area (Å²) in [7, 11) is 1.78. The maximum Gasteiger partial charge on any atom is 0.191 e. The number of ether oxygens (including phenoxy) is 3. The molecule has 0 saturated heterocycles. The lowest BCUT2D eigenvalue weighted by Crippen LogP contribution is -2.37. The number of aliphatic imine (C=N–C) groups is 1. The van der Waals surface area contributed by atoms with E-state index < -0.39 is 0 Å². The third-order valence-electron chi connectivity index (χ3n) is 3.73. The lowest BCUT2D eigenvalue weighted by molar-refractivity contribution is 0.0453. The molecule has 0 bridgehead atoms. The molecule has 1 aromatic rings. The van der Waals surface area contributed by atoms with E-state index in [1.807, 2.05) is 6.92 Å². The van der Waals surface area contributed by atoms with Crippen molar-refractivity contribution in [2.75, 3.05) is 46.6 Å². The highest BCUT2D eigenvalue weighted by atomic mass is 127. The molecular formula is C21H38IN3O3. The molecule has 0 aromatic heterocycles. The molecule has 0 fully saturated rings. The van der Waals surface area contributed by atoms with Crippen molar-refractivity contribution < 1.29 is 14.2 Å². The Bertz CT molecular complexity index is 527. The summed E-state index contributed by atoms with van der Waals surface area (Å²) in [4.78, 5) is 4.26. The molecule has 0 unspecified atom stereocenters. The molecule has 0 saturated carbocycles. The van der Waals surface area contributed by atoms with E-state index >= 15 is 0 Å². The first-order chi connectivity index (χ1) is 13.2. The van der Waals surface area contributed by atoms with Gasteiger partial charge in [-0.2, -0.15) is 0 Å². The van der Waals surface area contributed by atoms with E-state index in [-0.39, 0.29) is 24.0 Å². The van der Waals surface area contributed by atoms with Gasteiger partial charge in [-0.25, -0.2) is 0 Å². The highest BCUT2D eigenvalue weighted by molar-refractivity contribution is 14.0. The molecule has 0 radical (unpaired) electrons. The van der Waals surface area contributed by atoms with Crippen LogP contribution in [0.5, 0.6) is 0 Å². The Morgan fingerprint density at radius 1 is 1.04 bits per heavy atom. The largest absolute Gasteiger partial charge is 0.381 e. The molecule has 0 atom stereocenters. The lowest BCUT2D eigenvalue weighted by atomic mass is 10.1. The van der Waals surface area contributed by atoms with Gasteiger partial charge in [-0.1, -0.05) is 38.1 Å². The van der Waals surface area contributed by atoms with Gasteiger partial charge in [0.1, 0.15) is 0 Å². The summed E-state index contributed by atoms with van der Waals surface area (Å²) in [6, 6.07) is 8.39. The molecule has 162 valence electrons. The van der Waals surface area contributed by atoms with Crippen molar-refractivity contribution in [1.29, 1.82) is 0 Å². The van der Waals surface area contributed by atoms with Crippen LogP contribution in [0.4, 0.5) is 0 Å². The minimum atomic E-state index is 0. The van der Waals surface area contributed by atoms with Crippen LogP contribution in [-0.2, 0) is 27.4 Å². The standard InChI is InChI=1S/C21H37N3O3.HI/c1-5-25-12-13-27-17-20-9-6-8-19(14-20)15-24-21(22-4)23-10-7-11-26-16-18(2)3;/h6,8-9,14,18H,5,7,10-13,15-17H2,1-4H3,(H2,22,23,24);1H. The van der Waals surface area contributed by atoms with Gasteiger partial charge in [-0.05, 0) is 30.4 Å². The summed E-state index contributed by atoms with van der Waals surface area (Å²) >= 11 is 0. The molecule has 2 N–H and O–H groups in total. The van der Waals surface area contributed by atoms with Crippen molar-refractivity contribution in [3.63, 3.8) is 0 Å². The Balaban J connectivity index is 0.00000729. The third-order valence-corrected chi connectivity index (χ3v) is 3.73. The van der Waals surface area contributed by atoms with Crippen LogP contribution in [0, 0.1) is 5.92 Å². The number of guanidine groups is 1. The van der Waals surface area contributed by atoms with Gasteiger partial charge < -0.3 is 24.8 Å². The van der Waals surface area contributed by atoms with Gasteiger partial charge in [0.15, 0.2) is 5.96 Å². The maximum absolute atomic E-state index is 5.63. The second-order valence-corrected chi connectivity index (χ2v) is 6.74. The molecule has 0 amide bonds. The molecule has 0 spiro atoms. The van der Waals surface area contributed by atoms with E-state index in [9.17, 15) is 0 Å². The van der Waals surface area contributed by atoms with E-state index in [2.05, 4.69) is 53.7 Å². The summed E-state index contributed by atoms with van der Waals surface area (Å²) < 4.78 is 16.5. The van der Waals surface area contributed by atoms with Crippen LogP contribution in [0.15, 0.2) is 29.3 Å². The Kier molecular flexibility index (Phi) is 17.6. The minimum Gasteiger partial charge on any atom is -0.381 e. The molecule has 28 heavy (non-hydrogen) atoms. The van der Waals surface area contributed by atoms with E-state index in [0.717, 1.165) is 50.9 Å². The van der Waals surface area contributed by atoms with Gasteiger partial charge in [-0.3, -0.25) is 4.99 Å². The van der Waals surface area contributed by atoms with Crippen LogP contribution < -0.4 is 10.6 Å². The number of hydrogen-bond donors (Lipinski definition) is 2. The monoisotopic (exact) mass is 507 g/mol. The topological polar surface area (TPSA) is 64.1 Å². The van der Waals surface area contributed by atoms with Crippen LogP contribution in [0.2, 0.25) is 0 Å². The van der Waals surface area contributed by atoms with Crippen LogP contribution in [-0.4, -0.2) is 52.6 Å². The Labute approximate surface area is 187 Å². The third kappa shape index (κ3) is 14.1. The second kappa shape index (κ2) is 18.1. The number of nitrogens with zero attached hydrogens (tertiary/aromatic N) is 1. The fourth-order valence-electron chi connectivity index (χ4n) is 2.39. The average Bonchev–Trinajstić information content (AvgIpc) is 2.67. The summed E-state index contributed by atoms with van der Waals surface area (Å²) in [6.07, 6.45) is 0.960. The number of hydrogen-bond acceptors (Lipinski definition) is 4. The number of rotatable bonds is 14. The smallest absolute Gasteiger partial charge is 0.191 e. The fourth-order valence-corrected chi connectivity index (χ4v) is 2.39. The number of nitrogens with one attached hydrogen (secondary N) is 2. The van der Waals surface area contributed by atoms with Crippen molar-refractivity contribution in [2.24, 2.45) is 10.9 Å². The van der Waals surface area contributed by atoms with Crippen LogP contribution in [0.25, 0.3) is 0 Å². The molecule has 1 aromatic carbocycles. The normalized spacial score (nSPS) is 11.4. The van der Waals surface area contributed by atoms with Gasteiger partial charge in [0.2, 0.25) is 0 Å². The first-order valence-electron chi connectivity index (χ1n) is 9.91. The van der Waals surface area contributed by atoms with E-state index in [1.165, 1.54) is 5.56 Å². The lowest BCUT2D eigenvalue weighted by Gasteiger charge is -2.13. The number of halogens is 1. The highest BCUT2D eigenvalue weighted by Crippen LogP contribution is 2.06. The molecule has 6 nitrogen and oxygen atoms in total. The predicted octanol–water partition coefficient (Wildman–Crippen LogP) is 3.59. The van der Waals surface area contributed by atoms with Gasteiger partial charge in [0.05, 0.1) is 19.8 Å². The molecule has 0 aliphatic carbocycles. The van der Waals surface area contributed by atoms with Gasteiger partial charge in [0.25, 0.3) is 0 Å². The predicted molar refractivity (Wildman–Crippen MR) is 126 cm³/mol. The molecule has 0 heterocycles. The zero-order valence-corrected chi connectivity index (χ0v) is 20.2. The van der Waals surface area contributed by atoms with Gasteiger partial charge in [0, 0.05) is 40.0 Å². The van der Waals surface area contributed by atoms with E-state index in [0.29, 0.717) is 25.7 Å². The van der Waals surface area contributed by atoms with Crippen molar-refractivity contribution in [3.8, 4) is 0 Å². The first-order valence-corrected chi connectivity index (χ1v) is 9.91. The Hall–Kier alpha value is -0.900. The minimum absolute atomic E-state index is 0. The zero-order valence-electron chi connectivity index (χ0n) is 17.8. The van der Waals surface area contributed by atoms with Gasteiger partial charge >= 0.3 is 0 Å². The van der Waals surface area contributed by atoms with Crippen LogP contribution in [0.1, 0.15) is 38.3 Å². The molecule has 0 aliphatic rings. The first kappa shape index (κ1) is 27.1. The van der Waals surface area contributed by atoms with Crippen LogP contribution >= 0.6 is 24.0 Å². The van der Waals surface area contributed by atoms with E-state index in [1.54, 1.807) is 7.05 Å². The van der Waals surface area contributed by atoms with Gasteiger partial charge in [-0.15, -0.1) is 24.0 Å².